The molecule has 1 aliphatic rings. The van der Waals surface area contributed by atoms with E-state index in [-0.39, 0.29) is 5.41 Å². The van der Waals surface area contributed by atoms with Gasteiger partial charge in [0.2, 0.25) is 0 Å². The molecule has 66 valence electrons. The van der Waals surface area contributed by atoms with Gasteiger partial charge in [0, 0.05) is 6.54 Å². The van der Waals surface area contributed by atoms with Crippen molar-refractivity contribution < 1.29 is 0 Å². The third-order valence-electron chi connectivity index (χ3n) is 2.54. The Balaban J connectivity index is 2.49. The molecule has 1 fully saturated rings. The summed E-state index contributed by atoms with van der Waals surface area (Å²) in [5.41, 5.74) is -0.105. The predicted molar refractivity (Wildman–Crippen MR) is 49.6 cm³/mol. The molecule has 1 unspecified atom stereocenters. The van der Waals surface area contributed by atoms with Crippen LogP contribution in [0.4, 0.5) is 0 Å². The Bertz CT molecular complexity index is 185. The highest BCUT2D eigenvalue weighted by atomic mass is 14.9. The third kappa shape index (κ3) is 2.09. The summed E-state index contributed by atoms with van der Waals surface area (Å²) in [7, 11) is 0. The highest BCUT2D eigenvalue weighted by molar-refractivity contribution is 5.03. The third-order valence-corrected chi connectivity index (χ3v) is 2.54. The van der Waals surface area contributed by atoms with E-state index in [1.165, 1.54) is 0 Å². The minimum absolute atomic E-state index is 0.105. The normalized spacial score (nSPS) is 29.2. The fraction of sp³-hybridized carbons (Fsp3) is 0.700. The van der Waals surface area contributed by atoms with Crippen LogP contribution in [0.25, 0.3) is 0 Å². The van der Waals surface area contributed by atoms with Gasteiger partial charge in [0.15, 0.2) is 0 Å². The van der Waals surface area contributed by atoms with Crippen molar-refractivity contribution in [3.05, 3.63) is 12.7 Å². The molecule has 1 N–H and O–H groups in total. The fourth-order valence-electron chi connectivity index (χ4n) is 1.71. The number of nitrogens with one attached hydrogen (secondary N) is 1. The molecule has 0 bridgehead atoms. The summed E-state index contributed by atoms with van der Waals surface area (Å²) in [6.45, 7) is 5.61. The minimum Gasteiger partial charge on any atom is -0.315 e. The van der Waals surface area contributed by atoms with Gasteiger partial charge in [0.25, 0.3) is 0 Å². The molecule has 1 heterocycles. The summed E-state index contributed by atoms with van der Waals surface area (Å²) in [4.78, 5) is 0. The second-order valence-electron chi connectivity index (χ2n) is 3.50. The van der Waals surface area contributed by atoms with Gasteiger partial charge in [-0.3, -0.25) is 0 Å². The smallest absolute Gasteiger partial charge is 0.0703 e. The van der Waals surface area contributed by atoms with Crippen LogP contribution in [0.5, 0.6) is 0 Å². The van der Waals surface area contributed by atoms with Crippen LogP contribution in [0.15, 0.2) is 12.7 Å². The molecular formula is C10H16N2. The quantitative estimate of drug-likeness (QED) is 0.646. The number of rotatable bonds is 3. The topological polar surface area (TPSA) is 35.8 Å². The van der Waals surface area contributed by atoms with Gasteiger partial charge in [-0.25, -0.2) is 0 Å². The number of nitriles is 1. The first-order chi connectivity index (χ1) is 5.83. The molecule has 1 saturated heterocycles. The van der Waals surface area contributed by atoms with Crippen molar-refractivity contribution in [3.63, 3.8) is 0 Å². The van der Waals surface area contributed by atoms with Gasteiger partial charge in [0.05, 0.1) is 11.5 Å². The van der Waals surface area contributed by atoms with E-state index in [2.05, 4.69) is 18.0 Å². The zero-order valence-corrected chi connectivity index (χ0v) is 7.47. The molecule has 0 spiro atoms. The van der Waals surface area contributed by atoms with Crippen molar-refractivity contribution >= 4 is 0 Å². The largest absolute Gasteiger partial charge is 0.315 e. The number of hydrogen-bond acceptors (Lipinski definition) is 2. The van der Waals surface area contributed by atoms with Crippen molar-refractivity contribution in [2.45, 2.75) is 25.7 Å². The number of allylic oxidation sites excluding steroid dienone is 1. The molecule has 0 aliphatic carbocycles. The molecule has 0 aromatic rings. The van der Waals surface area contributed by atoms with Crippen molar-refractivity contribution in [1.82, 2.24) is 5.32 Å². The van der Waals surface area contributed by atoms with E-state index >= 15 is 0 Å². The molecule has 0 saturated carbocycles. The molecule has 1 rings (SSSR count). The second-order valence-corrected chi connectivity index (χ2v) is 3.50. The van der Waals surface area contributed by atoms with Crippen molar-refractivity contribution in [1.29, 1.82) is 5.26 Å². The van der Waals surface area contributed by atoms with Gasteiger partial charge in [-0.1, -0.05) is 6.08 Å². The summed E-state index contributed by atoms with van der Waals surface area (Å²) in [5.74, 6) is 0. The number of piperidine rings is 1. The Kier molecular flexibility index (Phi) is 3.31. The molecular weight excluding hydrogens is 148 g/mol. The summed E-state index contributed by atoms with van der Waals surface area (Å²) >= 11 is 0. The van der Waals surface area contributed by atoms with Crippen LogP contribution in [0.2, 0.25) is 0 Å². The Morgan fingerprint density at radius 1 is 1.67 bits per heavy atom. The van der Waals surface area contributed by atoms with Crippen LogP contribution in [0.1, 0.15) is 25.7 Å². The first-order valence-corrected chi connectivity index (χ1v) is 4.56. The van der Waals surface area contributed by atoms with Crippen LogP contribution in [0.3, 0.4) is 0 Å². The molecule has 0 radical (unpaired) electrons. The maximum Gasteiger partial charge on any atom is 0.0703 e. The molecule has 1 aliphatic heterocycles. The van der Waals surface area contributed by atoms with Crippen molar-refractivity contribution in [2.75, 3.05) is 13.1 Å². The van der Waals surface area contributed by atoms with Gasteiger partial charge in [-0.05, 0) is 32.2 Å². The van der Waals surface area contributed by atoms with Crippen molar-refractivity contribution in [3.8, 4) is 6.07 Å². The maximum atomic E-state index is 9.04. The summed E-state index contributed by atoms with van der Waals surface area (Å²) in [5, 5.41) is 12.3. The van der Waals surface area contributed by atoms with Crippen LogP contribution in [0, 0.1) is 16.7 Å². The average Bonchev–Trinajstić information content (AvgIpc) is 2.16. The van der Waals surface area contributed by atoms with Crippen LogP contribution in [-0.2, 0) is 0 Å². The lowest BCUT2D eigenvalue weighted by Gasteiger charge is -2.30. The zero-order chi connectivity index (χ0) is 8.86. The first-order valence-electron chi connectivity index (χ1n) is 4.56. The van der Waals surface area contributed by atoms with E-state index in [1.54, 1.807) is 0 Å². The zero-order valence-electron chi connectivity index (χ0n) is 7.47. The van der Waals surface area contributed by atoms with Gasteiger partial charge in [0.1, 0.15) is 0 Å². The van der Waals surface area contributed by atoms with E-state index in [1.807, 2.05) is 6.08 Å². The van der Waals surface area contributed by atoms with E-state index in [0.29, 0.717) is 0 Å². The highest BCUT2D eigenvalue weighted by Gasteiger charge is 2.30. The van der Waals surface area contributed by atoms with Gasteiger partial charge in [-0.15, -0.1) is 6.58 Å². The predicted octanol–water partition coefficient (Wildman–Crippen LogP) is 1.85. The van der Waals surface area contributed by atoms with Gasteiger partial charge < -0.3 is 5.32 Å². The molecule has 0 aromatic heterocycles. The van der Waals surface area contributed by atoms with Gasteiger partial charge in [-0.2, -0.15) is 5.26 Å². The Hall–Kier alpha value is -0.810. The van der Waals surface area contributed by atoms with Gasteiger partial charge >= 0.3 is 0 Å². The van der Waals surface area contributed by atoms with Crippen molar-refractivity contribution in [2.24, 2.45) is 5.41 Å². The van der Waals surface area contributed by atoms with Crippen LogP contribution >= 0.6 is 0 Å². The maximum absolute atomic E-state index is 9.04. The number of nitrogens with zero attached hydrogens (tertiary/aromatic N) is 1. The molecule has 12 heavy (non-hydrogen) atoms. The Morgan fingerprint density at radius 3 is 3.00 bits per heavy atom. The lowest BCUT2D eigenvalue weighted by molar-refractivity contribution is 0.270. The monoisotopic (exact) mass is 164 g/mol. The summed E-state index contributed by atoms with van der Waals surface area (Å²) in [6.07, 6.45) is 5.98. The van der Waals surface area contributed by atoms with E-state index in [9.17, 15) is 0 Å². The standard InChI is InChI=1S/C10H16N2/c1-2-3-5-10(8-11)6-4-7-12-9-10/h2,12H,1,3-7,9H2. The molecule has 0 aromatic carbocycles. The molecule has 2 heteroatoms. The highest BCUT2D eigenvalue weighted by Crippen LogP contribution is 2.30. The SMILES string of the molecule is C=CCCC1(C#N)CCCNC1. The second kappa shape index (κ2) is 4.27. The first kappa shape index (κ1) is 9.28. The van der Waals surface area contributed by atoms with E-state index < -0.39 is 0 Å². The lowest BCUT2D eigenvalue weighted by Crippen LogP contribution is -2.38. The molecule has 0 amide bonds. The summed E-state index contributed by atoms with van der Waals surface area (Å²) < 4.78 is 0. The molecule has 2 nitrogen and oxygen atoms in total. The summed E-state index contributed by atoms with van der Waals surface area (Å²) in [6, 6.07) is 2.44. The van der Waals surface area contributed by atoms with Crippen LogP contribution < -0.4 is 5.32 Å². The van der Waals surface area contributed by atoms with E-state index in [4.69, 9.17) is 5.26 Å². The number of hydrogen-bond donors (Lipinski definition) is 1. The minimum atomic E-state index is -0.105. The van der Waals surface area contributed by atoms with Crippen LogP contribution in [-0.4, -0.2) is 13.1 Å². The Labute approximate surface area is 74.3 Å². The van der Waals surface area contributed by atoms with E-state index in [0.717, 1.165) is 38.8 Å². The lowest BCUT2D eigenvalue weighted by atomic mass is 9.78. The molecule has 1 atom stereocenters. The average molecular weight is 164 g/mol. The Morgan fingerprint density at radius 2 is 2.50 bits per heavy atom. The fourth-order valence-corrected chi connectivity index (χ4v) is 1.71.